The lowest BCUT2D eigenvalue weighted by Gasteiger charge is -2.12. The number of aryl methyl sites for hydroxylation is 1. The van der Waals surface area contributed by atoms with Gasteiger partial charge in [0.2, 0.25) is 0 Å². The fourth-order valence-corrected chi connectivity index (χ4v) is 1.87. The molecule has 0 unspecified atom stereocenters. The van der Waals surface area contributed by atoms with Gasteiger partial charge in [0.05, 0.1) is 0 Å². The Bertz CT molecular complexity index is 370. The van der Waals surface area contributed by atoms with Crippen LogP contribution in [0.2, 0.25) is 0 Å². The maximum Gasteiger partial charge on any atom is 0.134 e. The Kier molecular flexibility index (Phi) is 3.42. The molecule has 16 heavy (non-hydrogen) atoms. The van der Waals surface area contributed by atoms with Crippen molar-refractivity contribution in [2.24, 2.45) is 0 Å². The minimum Gasteiger partial charge on any atom is -0.370 e. The Labute approximate surface area is 97.7 Å². The normalized spacial score (nSPS) is 15.2. The average Bonchev–Trinajstić information content (AvgIpc) is 3.11. The lowest BCUT2D eigenvalue weighted by molar-refractivity contribution is 0.856. The van der Waals surface area contributed by atoms with Crippen LogP contribution in [-0.4, -0.2) is 16.5 Å². The highest BCUT2D eigenvalue weighted by atomic mass is 15.0. The van der Waals surface area contributed by atoms with Crippen LogP contribution in [0.25, 0.3) is 0 Å². The van der Waals surface area contributed by atoms with Crippen LogP contribution in [0, 0.1) is 6.92 Å². The predicted molar refractivity (Wildman–Crippen MR) is 66.9 cm³/mol. The second-order valence-corrected chi connectivity index (χ2v) is 4.56. The quantitative estimate of drug-likeness (QED) is 0.827. The Morgan fingerprint density at radius 1 is 1.25 bits per heavy atom. The van der Waals surface area contributed by atoms with E-state index in [-0.39, 0.29) is 0 Å². The summed E-state index contributed by atoms with van der Waals surface area (Å²) in [5.41, 5.74) is 2.43. The van der Waals surface area contributed by atoms with E-state index in [1.165, 1.54) is 24.1 Å². The van der Waals surface area contributed by atoms with Crippen molar-refractivity contribution in [3.05, 3.63) is 17.1 Å². The number of anilines is 1. The number of aromatic nitrogens is 2. The molecule has 1 heterocycles. The van der Waals surface area contributed by atoms with Crippen LogP contribution in [0.5, 0.6) is 0 Å². The van der Waals surface area contributed by atoms with E-state index >= 15 is 0 Å². The van der Waals surface area contributed by atoms with Crippen molar-refractivity contribution in [2.75, 3.05) is 11.9 Å². The van der Waals surface area contributed by atoms with Gasteiger partial charge in [-0.25, -0.2) is 9.97 Å². The zero-order valence-corrected chi connectivity index (χ0v) is 10.5. The standard InChI is InChI=1S/C13H21N3/c1-4-8-14-12-9(3)11(5-2)15-13(16-12)10-6-7-10/h10H,4-8H2,1-3H3,(H,14,15,16). The van der Waals surface area contributed by atoms with Gasteiger partial charge in [-0.3, -0.25) is 0 Å². The molecule has 3 nitrogen and oxygen atoms in total. The van der Waals surface area contributed by atoms with Crippen molar-refractivity contribution in [1.82, 2.24) is 9.97 Å². The maximum absolute atomic E-state index is 4.67. The summed E-state index contributed by atoms with van der Waals surface area (Å²) < 4.78 is 0. The van der Waals surface area contributed by atoms with E-state index in [0.29, 0.717) is 5.92 Å². The zero-order valence-electron chi connectivity index (χ0n) is 10.5. The topological polar surface area (TPSA) is 37.8 Å². The van der Waals surface area contributed by atoms with Gasteiger partial charge in [0.1, 0.15) is 11.6 Å². The number of rotatable bonds is 5. The molecule has 0 spiro atoms. The number of nitrogens with zero attached hydrogens (tertiary/aromatic N) is 2. The van der Waals surface area contributed by atoms with Crippen LogP contribution in [0.3, 0.4) is 0 Å². The highest BCUT2D eigenvalue weighted by Crippen LogP contribution is 2.38. The fourth-order valence-electron chi connectivity index (χ4n) is 1.87. The Morgan fingerprint density at radius 2 is 2.00 bits per heavy atom. The van der Waals surface area contributed by atoms with Crippen LogP contribution < -0.4 is 5.32 Å². The summed E-state index contributed by atoms with van der Waals surface area (Å²) in [5.74, 6) is 2.74. The summed E-state index contributed by atoms with van der Waals surface area (Å²) in [6.45, 7) is 7.44. The molecule has 1 N–H and O–H groups in total. The summed E-state index contributed by atoms with van der Waals surface area (Å²) in [6.07, 6.45) is 4.65. The molecule has 1 fully saturated rings. The number of nitrogens with one attached hydrogen (secondary N) is 1. The van der Waals surface area contributed by atoms with Crippen molar-refractivity contribution in [3.63, 3.8) is 0 Å². The van der Waals surface area contributed by atoms with E-state index in [2.05, 4.69) is 36.1 Å². The molecule has 0 saturated heterocycles. The third-order valence-corrected chi connectivity index (χ3v) is 3.08. The van der Waals surface area contributed by atoms with Gasteiger partial charge in [0, 0.05) is 23.7 Å². The summed E-state index contributed by atoms with van der Waals surface area (Å²) in [7, 11) is 0. The molecule has 0 aliphatic heterocycles. The van der Waals surface area contributed by atoms with E-state index < -0.39 is 0 Å². The first-order valence-corrected chi connectivity index (χ1v) is 6.37. The van der Waals surface area contributed by atoms with E-state index in [1.54, 1.807) is 0 Å². The van der Waals surface area contributed by atoms with Gasteiger partial charge in [0.15, 0.2) is 0 Å². The molecular weight excluding hydrogens is 198 g/mol. The minimum atomic E-state index is 0.632. The van der Waals surface area contributed by atoms with Crippen LogP contribution in [0.4, 0.5) is 5.82 Å². The first-order chi connectivity index (χ1) is 7.76. The van der Waals surface area contributed by atoms with Crippen LogP contribution in [-0.2, 0) is 6.42 Å². The second-order valence-electron chi connectivity index (χ2n) is 4.56. The lowest BCUT2D eigenvalue weighted by Crippen LogP contribution is -2.09. The van der Waals surface area contributed by atoms with Gasteiger partial charge < -0.3 is 5.32 Å². The molecule has 88 valence electrons. The minimum absolute atomic E-state index is 0.632. The molecule has 1 saturated carbocycles. The van der Waals surface area contributed by atoms with Crippen LogP contribution in [0.1, 0.15) is 56.1 Å². The molecule has 0 atom stereocenters. The first-order valence-electron chi connectivity index (χ1n) is 6.37. The molecule has 1 aliphatic carbocycles. The number of hydrogen-bond acceptors (Lipinski definition) is 3. The van der Waals surface area contributed by atoms with Crippen molar-refractivity contribution in [3.8, 4) is 0 Å². The lowest BCUT2D eigenvalue weighted by atomic mass is 10.2. The van der Waals surface area contributed by atoms with E-state index in [1.807, 2.05) is 0 Å². The monoisotopic (exact) mass is 219 g/mol. The Hall–Kier alpha value is -1.12. The van der Waals surface area contributed by atoms with Gasteiger partial charge in [-0.2, -0.15) is 0 Å². The highest BCUT2D eigenvalue weighted by molar-refractivity contribution is 5.46. The molecule has 0 bridgehead atoms. The first kappa shape index (κ1) is 11.4. The van der Waals surface area contributed by atoms with Crippen molar-refractivity contribution >= 4 is 5.82 Å². The molecular formula is C13H21N3. The molecule has 2 rings (SSSR count). The van der Waals surface area contributed by atoms with Gasteiger partial charge in [0.25, 0.3) is 0 Å². The third-order valence-electron chi connectivity index (χ3n) is 3.08. The van der Waals surface area contributed by atoms with Gasteiger partial charge in [-0.1, -0.05) is 13.8 Å². The summed E-state index contributed by atoms with van der Waals surface area (Å²) in [5, 5.41) is 3.41. The van der Waals surface area contributed by atoms with E-state index in [0.717, 1.165) is 31.0 Å². The summed E-state index contributed by atoms with van der Waals surface area (Å²) >= 11 is 0. The van der Waals surface area contributed by atoms with Crippen LogP contribution in [0.15, 0.2) is 0 Å². The van der Waals surface area contributed by atoms with Crippen molar-refractivity contribution in [2.45, 2.75) is 52.4 Å². The molecule has 1 aliphatic rings. The van der Waals surface area contributed by atoms with Gasteiger partial charge in [-0.05, 0) is 32.6 Å². The molecule has 1 aromatic rings. The Balaban J connectivity index is 2.28. The van der Waals surface area contributed by atoms with Crippen LogP contribution >= 0.6 is 0 Å². The van der Waals surface area contributed by atoms with Crippen molar-refractivity contribution < 1.29 is 0 Å². The SMILES string of the molecule is CCCNc1nc(C2CC2)nc(CC)c1C. The zero-order chi connectivity index (χ0) is 11.5. The average molecular weight is 219 g/mol. The highest BCUT2D eigenvalue weighted by Gasteiger charge is 2.27. The van der Waals surface area contributed by atoms with E-state index in [9.17, 15) is 0 Å². The smallest absolute Gasteiger partial charge is 0.134 e. The number of hydrogen-bond donors (Lipinski definition) is 1. The molecule has 0 amide bonds. The fraction of sp³-hybridized carbons (Fsp3) is 0.692. The molecule has 0 aromatic carbocycles. The molecule has 0 radical (unpaired) electrons. The third kappa shape index (κ3) is 2.34. The molecule has 1 aromatic heterocycles. The summed E-state index contributed by atoms with van der Waals surface area (Å²) in [4.78, 5) is 9.33. The van der Waals surface area contributed by atoms with Crippen molar-refractivity contribution in [1.29, 1.82) is 0 Å². The largest absolute Gasteiger partial charge is 0.370 e. The van der Waals surface area contributed by atoms with Gasteiger partial charge >= 0.3 is 0 Å². The summed E-state index contributed by atoms with van der Waals surface area (Å²) in [6, 6.07) is 0. The van der Waals surface area contributed by atoms with Gasteiger partial charge in [-0.15, -0.1) is 0 Å². The van der Waals surface area contributed by atoms with E-state index in [4.69, 9.17) is 0 Å². The molecule has 3 heteroatoms. The predicted octanol–water partition coefficient (Wildman–Crippen LogP) is 3.05. The maximum atomic E-state index is 4.67. The Morgan fingerprint density at radius 3 is 2.56 bits per heavy atom. The second kappa shape index (κ2) is 4.81.